The van der Waals surface area contributed by atoms with E-state index in [4.69, 9.17) is 6.57 Å². The lowest BCUT2D eigenvalue weighted by Crippen LogP contribution is -1.96. The van der Waals surface area contributed by atoms with Gasteiger partial charge < -0.3 is 23.1 Å². The van der Waals surface area contributed by atoms with Gasteiger partial charge in [0.15, 0.2) is 0 Å². The molecule has 14 aromatic carbocycles. The normalized spacial score (nSPS) is 11.7. The molecule has 0 fully saturated rings. The van der Waals surface area contributed by atoms with Gasteiger partial charge in [0, 0.05) is 128 Å². The van der Waals surface area contributed by atoms with Crippen LogP contribution >= 0.6 is 34.0 Å². The number of aromatic nitrogens is 5. The lowest BCUT2D eigenvalue weighted by molar-refractivity contribution is 1.15. The van der Waals surface area contributed by atoms with Crippen LogP contribution in [0.2, 0.25) is 0 Å². The van der Waals surface area contributed by atoms with Crippen LogP contribution in [-0.2, 0) is 0 Å². The number of nitrogens with zero attached hydrogens (tertiary/aromatic N) is 7. The van der Waals surface area contributed by atoms with Crippen molar-refractivity contribution in [2.45, 2.75) is 0 Å². The zero-order valence-corrected chi connectivity index (χ0v) is 56.4. The Kier molecular flexibility index (Phi) is 13.5. The molecule has 7 nitrogen and oxygen atoms in total. The summed E-state index contributed by atoms with van der Waals surface area (Å²) in [5.41, 5.74) is 16.7. The van der Waals surface area contributed by atoms with E-state index in [1.54, 1.807) is 23.5 Å². The molecule has 0 amide bonds. The highest BCUT2D eigenvalue weighted by Crippen LogP contribution is 2.46. The van der Waals surface area contributed by atoms with E-state index in [1.807, 2.05) is 34.8 Å². The number of thiophene rings is 3. The maximum absolute atomic E-state index is 9.41. The van der Waals surface area contributed by atoms with Crippen molar-refractivity contribution >= 4 is 188 Å². The fourth-order valence-electron chi connectivity index (χ4n) is 15.6. The van der Waals surface area contributed by atoms with Crippen LogP contribution in [0.1, 0.15) is 5.69 Å². The third-order valence-corrected chi connectivity index (χ3v) is 23.4. The first-order chi connectivity index (χ1) is 50.0. The number of fused-ring (bicyclic) bond motifs is 22. The first kappa shape index (κ1) is 58.2. The van der Waals surface area contributed by atoms with Gasteiger partial charge in [-0.3, -0.25) is 0 Å². The largest absolute Gasteiger partial charge is 0.361 e. The molecule has 101 heavy (non-hydrogen) atoms. The average molecular weight is 1340 g/mol. The highest BCUT2D eigenvalue weighted by atomic mass is 32.1. The molecule has 8 heterocycles. The molecule has 0 atom stereocenters. The minimum absolute atomic E-state index is 0.220. The summed E-state index contributed by atoms with van der Waals surface area (Å²) >= 11 is 5.55. The highest BCUT2D eigenvalue weighted by Gasteiger charge is 2.22. The number of hydrogen-bond donors (Lipinski definition) is 0. The maximum atomic E-state index is 9.41. The third-order valence-electron chi connectivity index (χ3n) is 20.0. The van der Waals surface area contributed by atoms with E-state index in [2.05, 4.69) is 331 Å². The second-order valence-corrected chi connectivity index (χ2v) is 28.7. The van der Waals surface area contributed by atoms with Crippen molar-refractivity contribution in [3.63, 3.8) is 0 Å². The fourth-order valence-corrected chi connectivity index (χ4v) is 19.0. The topological polar surface area (TPSA) is 60.8 Å². The van der Waals surface area contributed by atoms with Gasteiger partial charge in [-0.2, -0.15) is 5.26 Å². The minimum atomic E-state index is 0.220. The summed E-state index contributed by atoms with van der Waals surface area (Å²) in [7, 11) is 0. The first-order valence-electron chi connectivity index (χ1n) is 33.6. The summed E-state index contributed by atoms with van der Waals surface area (Å²) in [4.78, 5) is 7.56. The standard InChI is InChI=1S/C36H22N2S.C30H19NS.C25H12N4S/c1-2-10-23(11-3-1)37-31-15-7-4-12-25(31)28-20-24(18-19-33(28)37)38-32-16-8-5-13-26(32)29-21-30-27-14-6-9-17-35(27)39-36(30)22-34(29)38;1-2-8-20(9-3-1)21-14-16-22(17-15-21)31-27-12-6-4-10-23(27)25-18-19-26-24-11-5-7-13-28(24)32-30(26)29(25)31;1-27-25-11-16(10-15(14-26)28-25)29-21-8-4-2-6-17(21)19-12-20-18-7-3-5-9-23(18)30-24(20)13-22(19)29/h1-22H;1-19H;2-13H. The molecule has 0 saturated heterocycles. The molecule has 470 valence electrons. The van der Waals surface area contributed by atoms with Gasteiger partial charge in [0.05, 0.1) is 48.8 Å². The van der Waals surface area contributed by atoms with E-state index in [0.29, 0.717) is 0 Å². The molecule has 0 N–H and O–H groups in total. The van der Waals surface area contributed by atoms with Crippen LogP contribution < -0.4 is 0 Å². The Balaban J connectivity index is 0.000000103. The van der Waals surface area contributed by atoms with Crippen LogP contribution in [0.4, 0.5) is 5.82 Å². The Morgan fingerprint density at radius 2 is 0.683 bits per heavy atom. The van der Waals surface area contributed by atoms with Gasteiger partial charge in [0.1, 0.15) is 6.07 Å². The van der Waals surface area contributed by atoms with Gasteiger partial charge in [-0.1, -0.05) is 207 Å². The molecule has 0 unspecified atom stereocenters. The lowest BCUT2D eigenvalue weighted by Gasteiger charge is -2.10. The zero-order valence-electron chi connectivity index (χ0n) is 54.0. The van der Waals surface area contributed by atoms with Crippen LogP contribution in [0.15, 0.2) is 322 Å². The van der Waals surface area contributed by atoms with E-state index >= 15 is 0 Å². The molecule has 0 bridgehead atoms. The van der Waals surface area contributed by atoms with Gasteiger partial charge in [0.25, 0.3) is 5.82 Å². The van der Waals surface area contributed by atoms with Gasteiger partial charge in [-0.15, -0.1) is 39.0 Å². The van der Waals surface area contributed by atoms with Gasteiger partial charge in [-0.05, 0) is 126 Å². The fraction of sp³-hybridized carbons (Fsp3) is 0. The maximum Gasteiger partial charge on any atom is 0.273 e. The second kappa shape index (κ2) is 23.4. The monoisotopic (exact) mass is 1340 g/mol. The van der Waals surface area contributed by atoms with Crippen molar-refractivity contribution in [2.75, 3.05) is 0 Å². The molecule has 0 aliphatic carbocycles. The minimum Gasteiger partial charge on any atom is -0.361 e. The summed E-state index contributed by atoms with van der Waals surface area (Å²) < 4.78 is 17.2. The molecular formula is C91H53N7S3. The summed E-state index contributed by atoms with van der Waals surface area (Å²) in [6, 6.07) is 117. The molecule has 10 heteroatoms. The second-order valence-electron chi connectivity index (χ2n) is 25.5. The van der Waals surface area contributed by atoms with Gasteiger partial charge in [0.2, 0.25) is 5.69 Å². The number of rotatable bonds is 5. The molecule has 22 aromatic rings. The number of benzene rings is 14. The van der Waals surface area contributed by atoms with Crippen molar-refractivity contribution in [3.05, 3.63) is 339 Å². The molecule has 0 radical (unpaired) electrons. The van der Waals surface area contributed by atoms with Crippen LogP contribution in [0.25, 0.3) is 186 Å². The van der Waals surface area contributed by atoms with Crippen LogP contribution in [0, 0.1) is 17.9 Å². The third kappa shape index (κ3) is 9.32. The van der Waals surface area contributed by atoms with Crippen LogP contribution in [0.5, 0.6) is 0 Å². The summed E-state index contributed by atoms with van der Waals surface area (Å²) in [6.07, 6.45) is 0. The highest BCUT2D eigenvalue weighted by molar-refractivity contribution is 7.27. The summed E-state index contributed by atoms with van der Waals surface area (Å²) in [5, 5.41) is 27.3. The molecule has 0 spiro atoms. The molecule has 0 saturated carbocycles. The number of hydrogen-bond acceptors (Lipinski definition) is 5. The van der Waals surface area contributed by atoms with Gasteiger partial charge >= 0.3 is 0 Å². The zero-order chi connectivity index (χ0) is 66.8. The van der Waals surface area contributed by atoms with E-state index in [1.165, 1.54) is 154 Å². The van der Waals surface area contributed by atoms with E-state index in [-0.39, 0.29) is 11.5 Å². The van der Waals surface area contributed by atoms with Crippen molar-refractivity contribution in [3.8, 4) is 39.9 Å². The van der Waals surface area contributed by atoms with Crippen LogP contribution in [-0.4, -0.2) is 23.3 Å². The Labute approximate surface area is 590 Å². The van der Waals surface area contributed by atoms with Gasteiger partial charge in [-0.25, -0.2) is 0 Å². The Hall–Kier alpha value is -12.9. The molecule has 22 rings (SSSR count). The van der Waals surface area contributed by atoms with Crippen molar-refractivity contribution < 1.29 is 0 Å². The predicted molar refractivity (Wildman–Crippen MR) is 430 cm³/mol. The molecule has 0 aliphatic rings. The Morgan fingerprint density at radius 3 is 1.24 bits per heavy atom. The predicted octanol–water partition coefficient (Wildman–Crippen LogP) is 26.0. The SMILES string of the molecule is [C-]#[N+]c1cc(-n2c3ccccc3c3cc4c(cc32)sc2ccccc24)cc(C#N)n1.c1ccc(-c2ccc(-n3c4ccccc4c4ccc5c6ccccc6sc5c43)cc2)cc1.c1ccc(-n2c3ccccc3c3cc(-n4c5ccccc5c5cc6c(cc54)sc4ccccc46)ccc32)cc1. The molecular weight excluding hydrogens is 1290 g/mol. The number of para-hydroxylation sites is 5. The number of pyridine rings is 1. The van der Waals surface area contributed by atoms with E-state index < -0.39 is 0 Å². The quantitative estimate of drug-likeness (QED) is 0.161. The van der Waals surface area contributed by atoms with Crippen molar-refractivity contribution in [1.29, 1.82) is 5.26 Å². The lowest BCUT2D eigenvalue weighted by atomic mass is 10.1. The smallest absolute Gasteiger partial charge is 0.273 e. The average Bonchev–Trinajstić information content (AvgIpc) is 1.58. The van der Waals surface area contributed by atoms with Crippen molar-refractivity contribution in [1.82, 2.24) is 23.3 Å². The molecule has 0 aliphatic heterocycles. The van der Waals surface area contributed by atoms with E-state index in [0.717, 1.165) is 27.5 Å². The summed E-state index contributed by atoms with van der Waals surface area (Å²) in [5.74, 6) is 0.220. The van der Waals surface area contributed by atoms with E-state index in [9.17, 15) is 5.26 Å². The Morgan fingerprint density at radius 1 is 0.277 bits per heavy atom. The number of nitriles is 1. The Bertz CT molecular complexity index is 7200. The van der Waals surface area contributed by atoms with Crippen molar-refractivity contribution in [2.24, 2.45) is 0 Å². The summed E-state index contributed by atoms with van der Waals surface area (Å²) in [6.45, 7) is 7.38. The van der Waals surface area contributed by atoms with Crippen LogP contribution in [0.3, 0.4) is 0 Å². The first-order valence-corrected chi connectivity index (χ1v) is 36.0. The molecule has 8 aromatic heterocycles.